The van der Waals surface area contributed by atoms with Crippen molar-refractivity contribution in [2.24, 2.45) is 0 Å². The molecule has 0 bridgehead atoms. The highest BCUT2D eigenvalue weighted by molar-refractivity contribution is 7.99. The van der Waals surface area contributed by atoms with E-state index < -0.39 is 0 Å². The Balaban J connectivity index is 1.49. The summed E-state index contributed by atoms with van der Waals surface area (Å²) in [5.41, 5.74) is 3.79. The number of aromatic nitrogens is 3. The van der Waals surface area contributed by atoms with Gasteiger partial charge in [0.15, 0.2) is 11.0 Å². The van der Waals surface area contributed by atoms with Gasteiger partial charge in [-0.1, -0.05) is 73.3 Å². The molecule has 0 spiro atoms. The Bertz CT molecular complexity index is 1180. The first-order valence-electron chi connectivity index (χ1n) is 10.4. The SMILES string of the molecule is CCc1ccc(NC(=O)CSc2nc(-c3ccccc3)nn2Cc2ccc(F)cc2)cc1. The number of nitrogens with zero attached hydrogens (tertiary/aromatic N) is 3. The quantitative estimate of drug-likeness (QED) is 0.367. The molecule has 1 aromatic heterocycles. The van der Waals surface area contributed by atoms with Gasteiger partial charge in [-0.3, -0.25) is 4.79 Å². The van der Waals surface area contributed by atoms with Crippen LogP contribution in [0.15, 0.2) is 84.0 Å². The summed E-state index contributed by atoms with van der Waals surface area (Å²) in [7, 11) is 0. The van der Waals surface area contributed by atoms with Crippen LogP contribution in [0.1, 0.15) is 18.1 Å². The lowest BCUT2D eigenvalue weighted by Gasteiger charge is -2.07. The van der Waals surface area contributed by atoms with Crippen LogP contribution in [0, 0.1) is 5.82 Å². The first-order valence-corrected chi connectivity index (χ1v) is 11.4. The first kappa shape index (κ1) is 21.8. The molecule has 3 aromatic carbocycles. The van der Waals surface area contributed by atoms with Crippen LogP contribution in [0.2, 0.25) is 0 Å². The summed E-state index contributed by atoms with van der Waals surface area (Å²) >= 11 is 1.32. The lowest BCUT2D eigenvalue weighted by atomic mass is 10.1. The van der Waals surface area contributed by atoms with E-state index in [2.05, 4.69) is 22.3 Å². The number of nitrogens with one attached hydrogen (secondary N) is 1. The van der Waals surface area contributed by atoms with E-state index in [1.54, 1.807) is 16.8 Å². The zero-order valence-corrected chi connectivity index (χ0v) is 18.5. The van der Waals surface area contributed by atoms with Crippen molar-refractivity contribution in [1.29, 1.82) is 0 Å². The molecule has 1 amide bonds. The van der Waals surface area contributed by atoms with Gasteiger partial charge in [-0.15, -0.1) is 5.10 Å². The van der Waals surface area contributed by atoms with Crippen LogP contribution in [-0.4, -0.2) is 26.4 Å². The van der Waals surface area contributed by atoms with Crippen molar-refractivity contribution in [2.75, 3.05) is 11.1 Å². The Morgan fingerprint density at radius 3 is 2.34 bits per heavy atom. The van der Waals surface area contributed by atoms with Crippen molar-refractivity contribution >= 4 is 23.4 Å². The molecule has 0 radical (unpaired) electrons. The van der Waals surface area contributed by atoms with E-state index in [0.717, 1.165) is 23.2 Å². The number of thioether (sulfide) groups is 1. The summed E-state index contributed by atoms with van der Waals surface area (Å²) in [6.07, 6.45) is 0.956. The van der Waals surface area contributed by atoms with Gasteiger partial charge in [0.1, 0.15) is 5.82 Å². The second-order valence-corrected chi connectivity index (χ2v) is 8.20. The molecule has 0 atom stereocenters. The topological polar surface area (TPSA) is 59.8 Å². The lowest BCUT2D eigenvalue weighted by molar-refractivity contribution is -0.113. The third kappa shape index (κ3) is 5.62. The molecule has 7 heteroatoms. The van der Waals surface area contributed by atoms with E-state index in [4.69, 9.17) is 0 Å². The third-order valence-electron chi connectivity index (χ3n) is 4.89. The third-order valence-corrected chi connectivity index (χ3v) is 5.86. The second kappa shape index (κ2) is 10.2. The summed E-state index contributed by atoms with van der Waals surface area (Å²) < 4.78 is 15.0. The summed E-state index contributed by atoms with van der Waals surface area (Å²) in [6.45, 7) is 2.53. The molecule has 0 aliphatic heterocycles. The van der Waals surface area contributed by atoms with Gasteiger partial charge in [0.25, 0.3) is 0 Å². The molecule has 32 heavy (non-hydrogen) atoms. The number of benzene rings is 3. The molecule has 0 saturated carbocycles. The van der Waals surface area contributed by atoms with Crippen LogP contribution < -0.4 is 5.32 Å². The van der Waals surface area contributed by atoms with Gasteiger partial charge in [-0.2, -0.15) is 0 Å². The summed E-state index contributed by atoms with van der Waals surface area (Å²) in [4.78, 5) is 17.1. The van der Waals surface area contributed by atoms with Crippen LogP contribution in [-0.2, 0) is 17.8 Å². The number of amides is 1. The Kier molecular flexibility index (Phi) is 6.97. The van der Waals surface area contributed by atoms with Gasteiger partial charge >= 0.3 is 0 Å². The minimum atomic E-state index is -0.282. The highest BCUT2D eigenvalue weighted by atomic mass is 32.2. The van der Waals surface area contributed by atoms with E-state index in [1.165, 1.54) is 29.5 Å². The van der Waals surface area contributed by atoms with Crippen LogP contribution in [0.25, 0.3) is 11.4 Å². The number of hydrogen-bond acceptors (Lipinski definition) is 4. The minimum absolute atomic E-state index is 0.114. The molecule has 4 rings (SSSR count). The maximum absolute atomic E-state index is 13.3. The number of aryl methyl sites for hydroxylation is 1. The van der Waals surface area contributed by atoms with Crippen molar-refractivity contribution in [3.05, 3.63) is 95.8 Å². The number of halogens is 1. The number of hydrogen-bond donors (Lipinski definition) is 1. The van der Waals surface area contributed by atoms with Gasteiger partial charge < -0.3 is 5.32 Å². The van der Waals surface area contributed by atoms with Gasteiger partial charge in [0.05, 0.1) is 12.3 Å². The Morgan fingerprint density at radius 2 is 1.66 bits per heavy atom. The van der Waals surface area contributed by atoms with E-state index in [9.17, 15) is 9.18 Å². The van der Waals surface area contributed by atoms with Gasteiger partial charge in [0.2, 0.25) is 5.91 Å². The van der Waals surface area contributed by atoms with Crippen molar-refractivity contribution in [1.82, 2.24) is 14.8 Å². The summed E-state index contributed by atoms with van der Waals surface area (Å²) in [5, 5.41) is 8.19. The van der Waals surface area contributed by atoms with Gasteiger partial charge in [-0.25, -0.2) is 14.1 Å². The Labute approximate surface area is 190 Å². The summed E-state index contributed by atoms with van der Waals surface area (Å²) in [5.74, 6) is 0.393. The van der Waals surface area contributed by atoms with Crippen LogP contribution >= 0.6 is 11.8 Å². The Morgan fingerprint density at radius 1 is 0.969 bits per heavy atom. The van der Waals surface area contributed by atoms with E-state index in [0.29, 0.717) is 17.5 Å². The predicted molar refractivity (Wildman–Crippen MR) is 126 cm³/mol. The monoisotopic (exact) mass is 446 g/mol. The normalized spacial score (nSPS) is 10.8. The molecule has 1 heterocycles. The molecule has 0 unspecified atom stereocenters. The minimum Gasteiger partial charge on any atom is -0.325 e. The van der Waals surface area contributed by atoms with Crippen LogP contribution in [0.5, 0.6) is 0 Å². The molecular weight excluding hydrogens is 423 g/mol. The average Bonchev–Trinajstić information content (AvgIpc) is 3.23. The number of anilines is 1. The first-order chi connectivity index (χ1) is 15.6. The van der Waals surface area contributed by atoms with E-state index >= 15 is 0 Å². The molecule has 0 fully saturated rings. The molecule has 0 saturated heterocycles. The molecule has 0 aliphatic rings. The fourth-order valence-corrected chi connectivity index (χ4v) is 3.90. The molecule has 5 nitrogen and oxygen atoms in total. The van der Waals surface area contributed by atoms with Gasteiger partial charge in [0, 0.05) is 11.3 Å². The Hall–Kier alpha value is -3.45. The fraction of sp³-hybridized carbons (Fsp3) is 0.160. The lowest BCUT2D eigenvalue weighted by Crippen LogP contribution is -2.15. The number of carbonyl (C=O) groups is 1. The van der Waals surface area contributed by atoms with Crippen molar-refractivity contribution < 1.29 is 9.18 Å². The predicted octanol–water partition coefficient (Wildman–Crippen LogP) is 5.43. The average molecular weight is 447 g/mol. The fourth-order valence-electron chi connectivity index (χ4n) is 3.16. The molecular formula is C25H23FN4OS. The molecule has 162 valence electrons. The van der Waals surface area contributed by atoms with Gasteiger partial charge in [-0.05, 0) is 41.8 Å². The summed E-state index contributed by atoms with van der Waals surface area (Å²) in [6, 6.07) is 23.8. The maximum atomic E-state index is 13.3. The second-order valence-electron chi connectivity index (χ2n) is 7.26. The number of carbonyl (C=O) groups excluding carboxylic acids is 1. The van der Waals surface area contributed by atoms with Crippen molar-refractivity contribution in [2.45, 2.75) is 25.0 Å². The van der Waals surface area contributed by atoms with E-state index in [1.807, 2.05) is 54.6 Å². The highest BCUT2D eigenvalue weighted by Gasteiger charge is 2.14. The molecule has 4 aromatic rings. The molecule has 0 aliphatic carbocycles. The zero-order chi connectivity index (χ0) is 22.3. The highest BCUT2D eigenvalue weighted by Crippen LogP contribution is 2.23. The van der Waals surface area contributed by atoms with E-state index in [-0.39, 0.29) is 17.5 Å². The maximum Gasteiger partial charge on any atom is 0.234 e. The van der Waals surface area contributed by atoms with Crippen molar-refractivity contribution in [3.8, 4) is 11.4 Å². The standard InChI is InChI=1S/C25H23FN4OS/c1-2-18-10-14-22(15-11-18)27-23(31)17-32-25-28-24(20-6-4-3-5-7-20)29-30(25)16-19-8-12-21(26)13-9-19/h3-15H,2,16-17H2,1H3,(H,27,31). The zero-order valence-electron chi connectivity index (χ0n) is 17.7. The number of rotatable bonds is 8. The molecule has 1 N–H and O–H groups in total. The largest absolute Gasteiger partial charge is 0.325 e. The van der Waals surface area contributed by atoms with Crippen molar-refractivity contribution in [3.63, 3.8) is 0 Å². The van der Waals surface area contributed by atoms with Crippen LogP contribution in [0.3, 0.4) is 0 Å². The van der Waals surface area contributed by atoms with Crippen LogP contribution in [0.4, 0.5) is 10.1 Å². The smallest absolute Gasteiger partial charge is 0.234 e.